The second-order valence-corrected chi connectivity index (χ2v) is 10.7. The van der Waals surface area contributed by atoms with E-state index in [9.17, 15) is 22.4 Å². The molecule has 0 saturated carbocycles. The molecule has 7 nitrogen and oxygen atoms in total. The van der Waals surface area contributed by atoms with Gasteiger partial charge in [0.15, 0.2) is 0 Å². The van der Waals surface area contributed by atoms with Crippen LogP contribution in [0.5, 0.6) is 0 Å². The van der Waals surface area contributed by atoms with Crippen LogP contribution in [-0.2, 0) is 32.6 Å². The zero-order valence-corrected chi connectivity index (χ0v) is 20.9. The van der Waals surface area contributed by atoms with Gasteiger partial charge in [0.1, 0.15) is 10.7 Å². The lowest BCUT2D eigenvalue weighted by atomic mass is 9.92. The minimum absolute atomic E-state index is 0.00279. The van der Waals surface area contributed by atoms with Crippen molar-refractivity contribution in [3.05, 3.63) is 94.8 Å². The number of rotatable bonds is 7. The monoisotopic (exact) mass is 509 g/mol. The standard InChI is InChI=1S/C27H28FN3O4S/c1-18-11-12-24(30-19(2)32)26(15-18)36(34,35)31-14-13-20-7-3-5-9-22(20)25(31)16-27(33)29-17-21-8-4-6-10-23(21)28/h3-12,15,25H,13-14,16-17H2,1-2H3,(H,29,33)(H,30,32)/t25-/m1/s1. The number of nitrogens with one attached hydrogen (secondary N) is 2. The van der Waals surface area contributed by atoms with Crippen molar-refractivity contribution in [1.29, 1.82) is 0 Å². The van der Waals surface area contributed by atoms with E-state index in [1.807, 2.05) is 24.3 Å². The van der Waals surface area contributed by atoms with Crippen LogP contribution >= 0.6 is 0 Å². The summed E-state index contributed by atoms with van der Waals surface area (Å²) < 4.78 is 43.2. The largest absolute Gasteiger partial charge is 0.352 e. The first-order valence-corrected chi connectivity index (χ1v) is 13.1. The summed E-state index contributed by atoms with van der Waals surface area (Å²) in [6, 6.07) is 17.7. The van der Waals surface area contributed by atoms with Crippen molar-refractivity contribution in [2.45, 2.75) is 44.2 Å². The third-order valence-electron chi connectivity index (χ3n) is 6.21. The van der Waals surface area contributed by atoms with E-state index in [4.69, 9.17) is 0 Å². The van der Waals surface area contributed by atoms with Gasteiger partial charge >= 0.3 is 0 Å². The molecule has 2 N–H and O–H groups in total. The summed E-state index contributed by atoms with van der Waals surface area (Å²) in [7, 11) is -4.09. The van der Waals surface area contributed by atoms with Crippen LogP contribution < -0.4 is 10.6 Å². The van der Waals surface area contributed by atoms with Gasteiger partial charge in [0.05, 0.1) is 11.7 Å². The van der Waals surface area contributed by atoms with Crippen LogP contribution in [0.2, 0.25) is 0 Å². The zero-order chi connectivity index (χ0) is 25.9. The summed E-state index contributed by atoms with van der Waals surface area (Å²) in [5.41, 5.74) is 2.98. The van der Waals surface area contributed by atoms with Crippen LogP contribution in [0.15, 0.2) is 71.6 Å². The number of sulfonamides is 1. The highest BCUT2D eigenvalue weighted by Crippen LogP contribution is 2.38. The molecule has 0 aromatic heterocycles. The quantitative estimate of drug-likeness (QED) is 0.502. The first kappa shape index (κ1) is 25.5. The minimum atomic E-state index is -4.09. The Morgan fingerprint density at radius 1 is 1.06 bits per heavy atom. The molecule has 0 fully saturated rings. The highest BCUT2D eigenvalue weighted by Gasteiger charge is 2.38. The van der Waals surface area contributed by atoms with Gasteiger partial charge < -0.3 is 10.6 Å². The smallest absolute Gasteiger partial charge is 0.245 e. The van der Waals surface area contributed by atoms with E-state index >= 15 is 0 Å². The van der Waals surface area contributed by atoms with Gasteiger partial charge in [0.25, 0.3) is 0 Å². The van der Waals surface area contributed by atoms with E-state index in [-0.39, 0.29) is 36.0 Å². The number of halogens is 1. The molecule has 0 saturated heterocycles. The second-order valence-electron chi connectivity index (χ2n) is 8.83. The molecule has 3 aromatic rings. The molecule has 0 spiro atoms. The number of carbonyl (C=O) groups excluding carboxylic acids is 2. The average Bonchev–Trinajstić information content (AvgIpc) is 2.84. The van der Waals surface area contributed by atoms with Crippen LogP contribution in [0.4, 0.5) is 10.1 Å². The van der Waals surface area contributed by atoms with Crippen LogP contribution in [0.25, 0.3) is 0 Å². The number of anilines is 1. The predicted molar refractivity (Wildman–Crippen MR) is 135 cm³/mol. The Bertz CT molecular complexity index is 1410. The molecule has 0 unspecified atom stereocenters. The first-order chi connectivity index (χ1) is 17.2. The van der Waals surface area contributed by atoms with E-state index in [1.54, 1.807) is 37.3 Å². The van der Waals surface area contributed by atoms with Crippen LogP contribution in [-0.4, -0.2) is 31.1 Å². The maximum absolute atomic E-state index is 14.0. The van der Waals surface area contributed by atoms with Gasteiger partial charge in [-0.15, -0.1) is 0 Å². The van der Waals surface area contributed by atoms with Gasteiger partial charge in [-0.2, -0.15) is 4.31 Å². The Balaban J connectivity index is 1.67. The summed E-state index contributed by atoms with van der Waals surface area (Å²) in [6.45, 7) is 3.26. The molecule has 1 aliphatic rings. The van der Waals surface area contributed by atoms with Crippen molar-refractivity contribution in [3.8, 4) is 0 Å². The predicted octanol–water partition coefficient (Wildman–Crippen LogP) is 4.09. The Hall–Kier alpha value is -3.56. The van der Waals surface area contributed by atoms with Crippen molar-refractivity contribution < 1.29 is 22.4 Å². The van der Waals surface area contributed by atoms with Crippen molar-refractivity contribution in [1.82, 2.24) is 9.62 Å². The Morgan fingerprint density at radius 2 is 1.78 bits per heavy atom. The fourth-order valence-corrected chi connectivity index (χ4v) is 6.31. The molecular formula is C27H28FN3O4S. The maximum Gasteiger partial charge on any atom is 0.245 e. The van der Waals surface area contributed by atoms with Crippen LogP contribution in [0.3, 0.4) is 0 Å². The van der Waals surface area contributed by atoms with E-state index < -0.39 is 27.8 Å². The molecule has 2 amide bonds. The lowest BCUT2D eigenvalue weighted by Gasteiger charge is -2.36. The molecule has 1 heterocycles. The van der Waals surface area contributed by atoms with Gasteiger partial charge in [-0.05, 0) is 48.2 Å². The van der Waals surface area contributed by atoms with Crippen LogP contribution in [0.1, 0.15) is 41.6 Å². The maximum atomic E-state index is 14.0. The fourth-order valence-electron chi connectivity index (χ4n) is 4.47. The minimum Gasteiger partial charge on any atom is -0.352 e. The third-order valence-corrected chi connectivity index (χ3v) is 8.16. The fraction of sp³-hybridized carbons (Fsp3) is 0.259. The van der Waals surface area contributed by atoms with Crippen molar-refractivity contribution >= 4 is 27.5 Å². The molecule has 0 bridgehead atoms. The molecule has 188 valence electrons. The number of hydrogen-bond donors (Lipinski definition) is 2. The third kappa shape index (κ3) is 5.47. The van der Waals surface area contributed by atoms with Crippen LogP contribution in [0, 0.1) is 12.7 Å². The molecule has 0 aliphatic carbocycles. The summed E-state index contributed by atoms with van der Waals surface area (Å²) >= 11 is 0. The summed E-state index contributed by atoms with van der Waals surface area (Å²) in [5, 5.41) is 5.32. The molecule has 0 radical (unpaired) electrons. The second kappa shape index (κ2) is 10.6. The highest BCUT2D eigenvalue weighted by molar-refractivity contribution is 7.89. The molecule has 1 atom stereocenters. The van der Waals surface area contributed by atoms with E-state index in [0.29, 0.717) is 12.0 Å². The van der Waals surface area contributed by atoms with E-state index in [2.05, 4.69) is 10.6 Å². The summed E-state index contributed by atoms with van der Waals surface area (Å²) in [6.07, 6.45) is 0.357. The average molecular weight is 510 g/mol. The van der Waals surface area contributed by atoms with Gasteiger partial charge in [-0.1, -0.05) is 48.5 Å². The van der Waals surface area contributed by atoms with Crippen molar-refractivity contribution in [2.75, 3.05) is 11.9 Å². The molecular weight excluding hydrogens is 481 g/mol. The lowest BCUT2D eigenvalue weighted by molar-refractivity contribution is -0.122. The van der Waals surface area contributed by atoms with Crippen molar-refractivity contribution in [2.24, 2.45) is 0 Å². The number of amides is 2. The number of hydrogen-bond acceptors (Lipinski definition) is 4. The molecule has 36 heavy (non-hydrogen) atoms. The summed E-state index contributed by atoms with van der Waals surface area (Å²) in [4.78, 5) is 24.7. The SMILES string of the molecule is CC(=O)Nc1ccc(C)cc1S(=O)(=O)N1CCc2ccccc2[C@H]1CC(=O)NCc1ccccc1F. The lowest BCUT2D eigenvalue weighted by Crippen LogP contribution is -2.42. The molecule has 4 rings (SSSR count). The van der Waals surface area contributed by atoms with Gasteiger partial charge in [0.2, 0.25) is 21.8 Å². The van der Waals surface area contributed by atoms with Gasteiger partial charge in [-0.3, -0.25) is 9.59 Å². The number of carbonyl (C=O) groups is 2. The van der Waals surface area contributed by atoms with E-state index in [1.165, 1.54) is 23.4 Å². The Labute approximate surface area is 210 Å². The number of fused-ring (bicyclic) bond motifs is 1. The normalized spacial score (nSPS) is 15.7. The Kier molecular flexibility index (Phi) is 7.51. The number of benzene rings is 3. The van der Waals surface area contributed by atoms with Crippen molar-refractivity contribution in [3.63, 3.8) is 0 Å². The Morgan fingerprint density at radius 3 is 2.53 bits per heavy atom. The van der Waals surface area contributed by atoms with Gasteiger partial charge in [0, 0.05) is 32.0 Å². The topological polar surface area (TPSA) is 95.6 Å². The number of nitrogens with zero attached hydrogens (tertiary/aromatic N) is 1. The highest BCUT2D eigenvalue weighted by atomic mass is 32.2. The molecule has 9 heteroatoms. The van der Waals surface area contributed by atoms with E-state index in [0.717, 1.165) is 16.7 Å². The van der Waals surface area contributed by atoms with Gasteiger partial charge in [-0.25, -0.2) is 12.8 Å². The summed E-state index contributed by atoms with van der Waals surface area (Å²) in [5.74, 6) is -1.20. The molecule has 3 aromatic carbocycles. The number of aryl methyl sites for hydroxylation is 1. The zero-order valence-electron chi connectivity index (χ0n) is 20.1. The first-order valence-electron chi connectivity index (χ1n) is 11.6. The molecule has 1 aliphatic heterocycles.